The fourth-order valence-corrected chi connectivity index (χ4v) is 4.13. The maximum Gasteiger partial charge on any atom is 0.414 e. The second-order valence-electron chi connectivity index (χ2n) is 8.68. The molecule has 36 heavy (non-hydrogen) atoms. The lowest BCUT2D eigenvalue weighted by molar-refractivity contribution is -0.875. The number of hydrogen-bond donors (Lipinski definition) is 3. The first-order valence-corrected chi connectivity index (χ1v) is 12.1. The Morgan fingerprint density at radius 1 is 0.944 bits per heavy atom. The van der Waals surface area contributed by atoms with E-state index in [-0.39, 0.29) is 24.3 Å². The van der Waals surface area contributed by atoms with Gasteiger partial charge >= 0.3 is 17.9 Å². The highest BCUT2D eigenvalue weighted by Crippen LogP contribution is 2.29. The Labute approximate surface area is 210 Å². The molecule has 2 heterocycles. The van der Waals surface area contributed by atoms with E-state index in [1.807, 2.05) is 12.1 Å². The van der Waals surface area contributed by atoms with E-state index in [0.29, 0.717) is 19.6 Å². The number of hydrogen-bond acceptors (Lipinski definition) is 6. The summed E-state index contributed by atoms with van der Waals surface area (Å²) in [7, 11) is 0. The monoisotopic (exact) mass is 499 g/mol. The van der Waals surface area contributed by atoms with Crippen LogP contribution < -0.4 is 4.90 Å². The second-order valence-corrected chi connectivity index (χ2v) is 8.68. The fraction of sp³-hybridized carbons (Fsp3) is 0.407. The molecule has 4 rings (SSSR count). The van der Waals surface area contributed by atoms with Crippen LogP contribution in [0.1, 0.15) is 42.9 Å². The Hall–Kier alpha value is -3.27. The molecule has 194 valence electrons. The van der Waals surface area contributed by atoms with Gasteiger partial charge in [0.1, 0.15) is 12.2 Å². The molecule has 3 N–H and O–H groups in total. The topological polar surface area (TPSA) is 124 Å². The van der Waals surface area contributed by atoms with Crippen molar-refractivity contribution in [3.05, 3.63) is 78.3 Å². The number of esters is 1. The van der Waals surface area contributed by atoms with E-state index in [2.05, 4.69) is 55.1 Å². The third kappa shape index (κ3) is 9.07. The predicted molar refractivity (Wildman–Crippen MR) is 129 cm³/mol. The molecule has 2 fully saturated rings. The van der Waals surface area contributed by atoms with Crippen molar-refractivity contribution < 1.29 is 43.7 Å². The standard InChI is InChI=1S/C25H31NO4.C2H2O4/c27-24(29-23-14-18-28-19-23)13-17-26-15-11-22(12-16-26)30-25(20-7-3-1-4-8-20)21-9-5-2-6-10-21;3-1(4)2(5)6/h1-10,15,22-23,25-26H,11-14,16-19H2;(H,3,4)(H,5,6). The first-order valence-electron chi connectivity index (χ1n) is 12.1. The first-order chi connectivity index (χ1) is 17.4. The average molecular weight is 500 g/mol. The lowest BCUT2D eigenvalue weighted by Crippen LogP contribution is -3.10. The molecular formula is C27H33NO8. The molecule has 2 aromatic carbocycles. The molecule has 2 aliphatic heterocycles. The quantitative estimate of drug-likeness (QED) is 0.286. The number of benzene rings is 2. The van der Waals surface area contributed by atoms with E-state index >= 15 is 0 Å². The number of quaternary nitrogens is 1. The van der Waals surface area contributed by atoms with Crippen molar-refractivity contribution in [2.24, 2.45) is 0 Å². The third-order valence-corrected chi connectivity index (χ3v) is 6.01. The van der Waals surface area contributed by atoms with Gasteiger partial charge in [-0.1, -0.05) is 60.7 Å². The van der Waals surface area contributed by atoms with E-state index in [9.17, 15) is 4.79 Å². The molecule has 0 amide bonds. The maximum absolute atomic E-state index is 12.0. The zero-order chi connectivity index (χ0) is 25.8. The van der Waals surface area contributed by atoms with Gasteiger partial charge in [-0.15, -0.1) is 13.0 Å². The van der Waals surface area contributed by atoms with Gasteiger partial charge in [0.2, 0.25) is 0 Å². The highest BCUT2D eigenvalue weighted by molar-refractivity contribution is 6.27. The van der Waals surface area contributed by atoms with Gasteiger partial charge in [0.25, 0.3) is 0 Å². The molecule has 2 saturated heterocycles. The van der Waals surface area contributed by atoms with Crippen LogP contribution in [0.25, 0.3) is 0 Å². The summed E-state index contributed by atoms with van der Waals surface area (Å²) in [4.78, 5) is 31.6. The third-order valence-electron chi connectivity index (χ3n) is 6.01. The summed E-state index contributed by atoms with van der Waals surface area (Å²) in [5.41, 5.74) is 2.36. The normalized spacial score (nSPS) is 21.3. The maximum atomic E-state index is 12.0. The van der Waals surface area contributed by atoms with Crippen LogP contribution in [-0.2, 0) is 28.6 Å². The summed E-state index contributed by atoms with van der Waals surface area (Å²) < 4.78 is 17.3. The summed E-state index contributed by atoms with van der Waals surface area (Å²) in [6, 6.07) is 20.8. The number of piperidine rings is 1. The van der Waals surface area contributed by atoms with Gasteiger partial charge in [0.05, 0.1) is 32.7 Å². The van der Waals surface area contributed by atoms with Crippen LogP contribution in [-0.4, -0.2) is 66.6 Å². The summed E-state index contributed by atoms with van der Waals surface area (Å²) in [5, 5.41) is 14.8. The average Bonchev–Trinajstić information content (AvgIpc) is 3.41. The van der Waals surface area contributed by atoms with Crippen molar-refractivity contribution in [3.63, 3.8) is 0 Å². The van der Waals surface area contributed by atoms with Crippen molar-refractivity contribution in [1.82, 2.24) is 0 Å². The van der Waals surface area contributed by atoms with E-state index in [0.717, 1.165) is 32.4 Å². The number of likely N-dealkylation sites (tertiary alicyclic amines) is 1. The van der Waals surface area contributed by atoms with Crippen LogP contribution in [0.4, 0.5) is 0 Å². The number of carbonyl (C=O) groups excluding carboxylic acids is 1. The van der Waals surface area contributed by atoms with Crippen LogP contribution in [0.15, 0.2) is 60.7 Å². The Morgan fingerprint density at radius 2 is 1.56 bits per heavy atom. The SMILES string of the molecule is O=C(CC[NH+]1[CH-]CC(OC(c2ccccc2)c2ccccc2)CC1)OC1CCOC1.O=C(O)C(=O)O. The van der Waals surface area contributed by atoms with Crippen LogP contribution >= 0.6 is 0 Å². The van der Waals surface area contributed by atoms with Crippen molar-refractivity contribution in [2.75, 3.05) is 26.3 Å². The molecular weight excluding hydrogens is 466 g/mol. The predicted octanol–water partition coefficient (Wildman–Crippen LogP) is 1.88. The molecule has 2 aromatic rings. The molecule has 0 aliphatic carbocycles. The van der Waals surface area contributed by atoms with E-state index < -0.39 is 11.9 Å². The minimum Gasteiger partial charge on any atom is -0.473 e. The van der Waals surface area contributed by atoms with Gasteiger partial charge in [-0.05, 0) is 11.1 Å². The van der Waals surface area contributed by atoms with Gasteiger partial charge in [0.15, 0.2) is 0 Å². The lowest BCUT2D eigenvalue weighted by Gasteiger charge is -2.38. The number of rotatable bonds is 8. The van der Waals surface area contributed by atoms with E-state index in [4.69, 9.17) is 34.0 Å². The summed E-state index contributed by atoms with van der Waals surface area (Å²) in [6.45, 7) is 5.24. The summed E-state index contributed by atoms with van der Waals surface area (Å²) >= 11 is 0. The summed E-state index contributed by atoms with van der Waals surface area (Å²) in [5.74, 6) is -3.76. The van der Waals surface area contributed by atoms with Crippen molar-refractivity contribution >= 4 is 17.9 Å². The minimum atomic E-state index is -1.82. The van der Waals surface area contributed by atoms with Crippen LogP contribution in [0.3, 0.4) is 0 Å². The number of carboxylic acids is 2. The molecule has 2 aliphatic rings. The minimum absolute atomic E-state index is 0.0523. The molecule has 9 heteroatoms. The smallest absolute Gasteiger partial charge is 0.414 e. The molecule has 0 bridgehead atoms. The molecule has 0 saturated carbocycles. The largest absolute Gasteiger partial charge is 0.473 e. The van der Waals surface area contributed by atoms with Gasteiger partial charge < -0.3 is 29.3 Å². The van der Waals surface area contributed by atoms with Gasteiger partial charge in [-0.2, -0.15) is 0 Å². The Bertz CT molecular complexity index is 903. The molecule has 0 radical (unpaired) electrons. The lowest BCUT2D eigenvalue weighted by atomic mass is 10.00. The Kier molecular flexibility index (Phi) is 10.9. The van der Waals surface area contributed by atoms with Crippen molar-refractivity contribution in [2.45, 2.75) is 44.0 Å². The highest BCUT2D eigenvalue weighted by Gasteiger charge is 2.24. The van der Waals surface area contributed by atoms with Gasteiger partial charge in [-0.3, -0.25) is 4.79 Å². The molecule has 0 spiro atoms. The summed E-state index contributed by atoms with van der Waals surface area (Å²) in [6.07, 6.45) is 3.20. The number of aliphatic carboxylic acids is 2. The van der Waals surface area contributed by atoms with E-state index in [1.165, 1.54) is 16.0 Å². The first kappa shape index (κ1) is 27.3. The highest BCUT2D eigenvalue weighted by atomic mass is 16.6. The number of carbonyl (C=O) groups is 3. The van der Waals surface area contributed by atoms with E-state index in [1.54, 1.807) is 0 Å². The second kappa shape index (κ2) is 14.3. The van der Waals surface area contributed by atoms with Gasteiger partial charge in [0, 0.05) is 18.9 Å². The number of carboxylic acid groups (broad SMARTS) is 2. The van der Waals surface area contributed by atoms with Gasteiger partial charge in [-0.25, -0.2) is 9.59 Å². The Morgan fingerprint density at radius 3 is 2.03 bits per heavy atom. The number of ether oxygens (including phenoxy) is 3. The molecule has 3 unspecified atom stereocenters. The zero-order valence-corrected chi connectivity index (χ0v) is 20.1. The number of nitrogens with one attached hydrogen (secondary N) is 1. The van der Waals surface area contributed by atoms with Crippen LogP contribution in [0, 0.1) is 6.54 Å². The molecule has 3 atom stereocenters. The molecule has 9 nitrogen and oxygen atoms in total. The zero-order valence-electron chi connectivity index (χ0n) is 20.1. The van der Waals surface area contributed by atoms with Crippen LogP contribution in [0.2, 0.25) is 0 Å². The molecule has 0 aromatic heterocycles. The van der Waals surface area contributed by atoms with Crippen LogP contribution in [0.5, 0.6) is 0 Å². The van der Waals surface area contributed by atoms with Crippen molar-refractivity contribution in [1.29, 1.82) is 0 Å². The Balaban J connectivity index is 0.000000538. The van der Waals surface area contributed by atoms with Crippen molar-refractivity contribution in [3.8, 4) is 0 Å². The fourth-order valence-electron chi connectivity index (χ4n) is 4.13.